The Balaban J connectivity index is 2.68. The molecule has 0 saturated heterocycles. The molecule has 0 N–H and O–H groups in total. The molecule has 0 aliphatic carbocycles. The average Bonchev–Trinajstić information content (AvgIpc) is 2.60. The van der Waals surface area contributed by atoms with Gasteiger partial charge >= 0.3 is 5.97 Å². The zero-order chi connectivity index (χ0) is 18.7. The van der Waals surface area contributed by atoms with Crippen molar-refractivity contribution in [3.8, 4) is 5.75 Å². The third kappa shape index (κ3) is 8.07. The lowest BCUT2D eigenvalue weighted by Gasteiger charge is -2.18. The van der Waals surface area contributed by atoms with Crippen molar-refractivity contribution in [3.05, 3.63) is 29.8 Å². The van der Waals surface area contributed by atoms with E-state index >= 15 is 0 Å². The van der Waals surface area contributed by atoms with Crippen LogP contribution in [0.3, 0.4) is 0 Å². The number of ether oxygens (including phenoxy) is 1. The summed E-state index contributed by atoms with van der Waals surface area (Å²) in [6, 6.07) is 8.25. The molecule has 0 aliphatic rings. The largest absolute Gasteiger partial charge is 0.426 e. The average molecular weight is 347 g/mol. The molecule has 0 aromatic heterocycles. The van der Waals surface area contributed by atoms with E-state index in [1.807, 2.05) is 32.9 Å². The van der Waals surface area contributed by atoms with Crippen LogP contribution < -0.4 is 4.74 Å². The maximum absolute atomic E-state index is 12.1. The van der Waals surface area contributed by atoms with Crippen molar-refractivity contribution < 1.29 is 9.53 Å². The Morgan fingerprint density at radius 3 is 1.84 bits per heavy atom. The highest BCUT2D eigenvalue weighted by Crippen LogP contribution is 2.30. The van der Waals surface area contributed by atoms with E-state index in [0.717, 1.165) is 0 Å². The van der Waals surface area contributed by atoms with E-state index in [0.29, 0.717) is 17.6 Å². The fourth-order valence-corrected chi connectivity index (χ4v) is 3.05. The van der Waals surface area contributed by atoms with Crippen molar-refractivity contribution in [2.24, 2.45) is 11.8 Å². The Morgan fingerprint density at radius 1 is 0.880 bits per heavy atom. The standard InChI is InChI=1S/C23H38O2/c1-6-8-10-12-20(13-11-9-7-2)21-14-16-22(17-15-21)25-23(24)19(5)18(3)4/h14-20H,6-13H2,1-5H3. The second-order valence-corrected chi connectivity index (χ2v) is 7.71. The Labute approximate surface area is 155 Å². The van der Waals surface area contributed by atoms with Crippen molar-refractivity contribution in [1.29, 1.82) is 0 Å². The molecule has 0 heterocycles. The predicted octanol–water partition coefficient (Wildman–Crippen LogP) is 7.13. The SMILES string of the molecule is CCCCCC(CCCCC)c1ccc(OC(=O)C(C)C(C)C)cc1. The van der Waals surface area contributed by atoms with Gasteiger partial charge in [0.1, 0.15) is 5.75 Å². The summed E-state index contributed by atoms with van der Waals surface area (Å²) in [5.41, 5.74) is 1.39. The predicted molar refractivity (Wildman–Crippen MR) is 107 cm³/mol. The number of unbranched alkanes of at least 4 members (excludes halogenated alkanes) is 4. The fraction of sp³-hybridized carbons (Fsp3) is 0.696. The first kappa shape index (κ1) is 21.7. The molecule has 0 fully saturated rings. The number of carbonyl (C=O) groups excluding carboxylic acids is 1. The second-order valence-electron chi connectivity index (χ2n) is 7.71. The van der Waals surface area contributed by atoms with Crippen LogP contribution in [-0.2, 0) is 4.79 Å². The van der Waals surface area contributed by atoms with Gasteiger partial charge in [0.25, 0.3) is 0 Å². The molecule has 0 amide bonds. The third-order valence-electron chi connectivity index (χ3n) is 5.25. The van der Waals surface area contributed by atoms with Crippen molar-refractivity contribution in [2.75, 3.05) is 0 Å². The zero-order valence-electron chi connectivity index (χ0n) is 17.0. The summed E-state index contributed by atoms with van der Waals surface area (Å²) in [7, 11) is 0. The van der Waals surface area contributed by atoms with Gasteiger partial charge in [-0.05, 0) is 42.4 Å². The third-order valence-corrected chi connectivity index (χ3v) is 5.25. The highest BCUT2D eigenvalue weighted by Gasteiger charge is 2.19. The zero-order valence-corrected chi connectivity index (χ0v) is 17.0. The van der Waals surface area contributed by atoms with Gasteiger partial charge in [0.15, 0.2) is 0 Å². The van der Waals surface area contributed by atoms with E-state index < -0.39 is 0 Å². The van der Waals surface area contributed by atoms with E-state index in [-0.39, 0.29) is 11.9 Å². The lowest BCUT2D eigenvalue weighted by molar-refractivity contribution is -0.139. The molecule has 0 saturated carbocycles. The molecular formula is C23H38O2. The summed E-state index contributed by atoms with van der Waals surface area (Å²) in [5.74, 6) is 1.40. The quantitative estimate of drug-likeness (QED) is 0.228. The lowest BCUT2D eigenvalue weighted by Crippen LogP contribution is -2.22. The van der Waals surface area contributed by atoms with Crippen LogP contribution in [0.1, 0.15) is 97.5 Å². The molecule has 0 radical (unpaired) electrons. The summed E-state index contributed by atoms with van der Waals surface area (Å²) >= 11 is 0. The van der Waals surface area contributed by atoms with Gasteiger partial charge in [-0.3, -0.25) is 4.79 Å². The molecule has 142 valence electrons. The van der Waals surface area contributed by atoms with Crippen molar-refractivity contribution in [2.45, 2.75) is 91.9 Å². The van der Waals surface area contributed by atoms with Crippen LogP contribution in [0.4, 0.5) is 0 Å². The molecule has 1 atom stereocenters. The summed E-state index contributed by atoms with van der Waals surface area (Å²) in [5, 5.41) is 0. The lowest BCUT2D eigenvalue weighted by atomic mass is 9.88. The smallest absolute Gasteiger partial charge is 0.314 e. The van der Waals surface area contributed by atoms with Crippen LogP contribution >= 0.6 is 0 Å². The second kappa shape index (κ2) is 12.1. The topological polar surface area (TPSA) is 26.3 Å². The molecule has 0 aliphatic heterocycles. The summed E-state index contributed by atoms with van der Waals surface area (Å²) in [6.07, 6.45) is 10.3. The minimum atomic E-state index is -0.134. The normalized spacial score (nSPS) is 12.6. The molecule has 25 heavy (non-hydrogen) atoms. The Bertz CT molecular complexity index is 465. The fourth-order valence-electron chi connectivity index (χ4n) is 3.05. The molecule has 0 spiro atoms. The molecule has 2 nitrogen and oxygen atoms in total. The number of carbonyl (C=O) groups is 1. The number of benzene rings is 1. The highest BCUT2D eigenvalue weighted by atomic mass is 16.5. The first-order chi connectivity index (χ1) is 12.0. The van der Waals surface area contributed by atoms with Gasteiger partial charge in [0, 0.05) is 0 Å². The monoisotopic (exact) mass is 346 g/mol. The Hall–Kier alpha value is -1.31. The van der Waals surface area contributed by atoms with E-state index in [1.54, 1.807) is 0 Å². The summed E-state index contributed by atoms with van der Waals surface area (Å²) < 4.78 is 5.53. The van der Waals surface area contributed by atoms with E-state index in [9.17, 15) is 4.79 Å². The number of rotatable bonds is 12. The first-order valence-corrected chi connectivity index (χ1v) is 10.3. The summed E-state index contributed by atoms with van der Waals surface area (Å²) in [4.78, 5) is 12.1. The van der Waals surface area contributed by atoms with Crippen LogP contribution in [0.25, 0.3) is 0 Å². The minimum Gasteiger partial charge on any atom is -0.426 e. The Morgan fingerprint density at radius 2 is 1.40 bits per heavy atom. The van der Waals surface area contributed by atoms with Crippen molar-refractivity contribution in [3.63, 3.8) is 0 Å². The minimum absolute atomic E-state index is 0.0736. The van der Waals surface area contributed by atoms with Crippen molar-refractivity contribution in [1.82, 2.24) is 0 Å². The van der Waals surface area contributed by atoms with E-state index in [2.05, 4.69) is 26.0 Å². The van der Waals surface area contributed by atoms with Gasteiger partial charge in [0.05, 0.1) is 5.92 Å². The van der Waals surface area contributed by atoms with Crippen molar-refractivity contribution >= 4 is 5.97 Å². The highest BCUT2D eigenvalue weighted by molar-refractivity contribution is 5.74. The Kier molecular flexibility index (Phi) is 10.5. The van der Waals surface area contributed by atoms with Gasteiger partial charge in [0.2, 0.25) is 0 Å². The van der Waals surface area contributed by atoms with Gasteiger partial charge in [-0.15, -0.1) is 0 Å². The molecular weight excluding hydrogens is 308 g/mol. The van der Waals surface area contributed by atoms with Crippen LogP contribution in [0.2, 0.25) is 0 Å². The van der Waals surface area contributed by atoms with Gasteiger partial charge in [-0.2, -0.15) is 0 Å². The first-order valence-electron chi connectivity index (χ1n) is 10.3. The molecule has 1 aromatic rings. The van der Waals surface area contributed by atoms with Crippen LogP contribution in [0.15, 0.2) is 24.3 Å². The van der Waals surface area contributed by atoms with Crippen LogP contribution in [-0.4, -0.2) is 5.97 Å². The summed E-state index contributed by atoms with van der Waals surface area (Å²) in [6.45, 7) is 10.5. The van der Waals surface area contributed by atoms with Gasteiger partial charge in [-0.25, -0.2) is 0 Å². The maximum Gasteiger partial charge on any atom is 0.314 e. The maximum atomic E-state index is 12.1. The van der Waals surface area contributed by atoms with Crippen LogP contribution in [0, 0.1) is 11.8 Å². The number of hydrogen-bond acceptors (Lipinski definition) is 2. The molecule has 2 heteroatoms. The molecule has 1 aromatic carbocycles. The van der Waals surface area contributed by atoms with E-state index in [4.69, 9.17) is 4.74 Å². The van der Waals surface area contributed by atoms with Crippen LogP contribution in [0.5, 0.6) is 5.75 Å². The molecule has 0 bridgehead atoms. The number of esters is 1. The molecule has 1 rings (SSSR count). The van der Waals surface area contributed by atoms with Gasteiger partial charge < -0.3 is 4.74 Å². The number of hydrogen-bond donors (Lipinski definition) is 0. The molecule has 1 unspecified atom stereocenters. The van der Waals surface area contributed by atoms with Gasteiger partial charge in [-0.1, -0.05) is 85.3 Å². The van der Waals surface area contributed by atoms with E-state index in [1.165, 1.54) is 56.9 Å².